The van der Waals surface area contributed by atoms with E-state index >= 15 is 0 Å². The molecule has 0 aliphatic rings. The molecule has 0 aliphatic heterocycles. The van der Waals surface area contributed by atoms with Crippen LogP contribution in [0.25, 0.3) is 0 Å². The fourth-order valence-electron chi connectivity index (χ4n) is 1.61. The van der Waals surface area contributed by atoms with Crippen LogP contribution in [0.3, 0.4) is 0 Å². The molecule has 0 spiro atoms. The lowest BCUT2D eigenvalue weighted by molar-refractivity contribution is 0.479. The summed E-state index contributed by atoms with van der Waals surface area (Å²) in [5, 5.41) is 0. The number of benzene rings is 1. The maximum atomic E-state index is 13.7. The van der Waals surface area contributed by atoms with Crippen molar-refractivity contribution in [3.8, 4) is 0 Å². The van der Waals surface area contributed by atoms with Crippen molar-refractivity contribution in [2.75, 3.05) is 12.0 Å². The van der Waals surface area contributed by atoms with Crippen molar-refractivity contribution in [3.63, 3.8) is 0 Å². The molecule has 20 heavy (non-hydrogen) atoms. The minimum absolute atomic E-state index is 0.0677. The molecule has 3 N–H and O–H groups in total. The molecule has 114 valence electrons. The normalized spacial score (nSPS) is 13.4. The Bertz CT molecular complexity index is 565. The first-order valence-corrected chi connectivity index (χ1v) is 8.88. The van der Waals surface area contributed by atoms with Crippen LogP contribution in [0.4, 0.5) is 8.78 Å². The summed E-state index contributed by atoms with van der Waals surface area (Å²) < 4.78 is 53.5. The third-order valence-electron chi connectivity index (χ3n) is 2.69. The summed E-state index contributed by atoms with van der Waals surface area (Å²) in [7, 11) is -4.11. The predicted molar refractivity (Wildman–Crippen MR) is 77.0 cm³/mol. The van der Waals surface area contributed by atoms with Gasteiger partial charge >= 0.3 is 0 Å². The van der Waals surface area contributed by atoms with Gasteiger partial charge in [0.05, 0.1) is 0 Å². The van der Waals surface area contributed by atoms with Gasteiger partial charge in [0.15, 0.2) is 11.6 Å². The highest BCUT2D eigenvalue weighted by atomic mass is 32.2. The monoisotopic (exact) mass is 324 g/mol. The molecule has 0 fully saturated rings. The molecule has 1 aromatic carbocycles. The minimum Gasteiger partial charge on any atom is -0.326 e. The molecule has 1 aromatic rings. The lowest BCUT2D eigenvalue weighted by atomic mass is 10.2. The van der Waals surface area contributed by atoms with Crippen molar-refractivity contribution in [1.82, 2.24) is 4.72 Å². The summed E-state index contributed by atoms with van der Waals surface area (Å²) in [6, 6.07) is 1.59. The van der Waals surface area contributed by atoms with Gasteiger partial charge in [0.25, 0.3) is 0 Å². The number of rotatable bonds is 7. The Morgan fingerprint density at radius 1 is 1.40 bits per heavy atom. The molecular formula is C12H18F2N2O2S2. The molecule has 1 unspecified atom stereocenters. The van der Waals surface area contributed by atoms with Gasteiger partial charge in [-0.1, -0.05) is 0 Å². The summed E-state index contributed by atoms with van der Waals surface area (Å²) in [6.45, 7) is 1.61. The number of halogens is 2. The van der Waals surface area contributed by atoms with Crippen molar-refractivity contribution >= 4 is 21.8 Å². The van der Waals surface area contributed by atoms with E-state index in [9.17, 15) is 17.2 Å². The van der Waals surface area contributed by atoms with Crippen LogP contribution in [0, 0.1) is 11.6 Å². The molecule has 8 heteroatoms. The molecule has 0 saturated heterocycles. The largest absolute Gasteiger partial charge is 0.326 e. The highest BCUT2D eigenvalue weighted by Gasteiger charge is 2.24. The average molecular weight is 324 g/mol. The first kappa shape index (κ1) is 17.4. The Morgan fingerprint density at radius 3 is 2.60 bits per heavy atom. The van der Waals surface area contributed by atoms with Crippen LogP contribution in [0.2, 0.25) is 0 Å². The quantitative estimate of drug-likeness (QED) is 0.803. The van der Waals surface area contributed by atoms with E-state index in [1.165, 1.54) is 0 Å². The highest BCUT2D eigenvalue weighted by molar-refractivity contribution is 7.98. The fraction of sp³-hybridized carbons (Fsp3) is 0.500. The van der Waals surface area contributed by atoms with E-state index in [0.717, 1.165) is 17.9 Å². The molecule has 0 aliphatic carbocycles. The van der Waals surface area contributed by atoms with Gasteiger partial charge in [0.2, 0.25) is 10.0 Å². The van der Waals surface area contributed by atoms with Gasteiger partial charge in [-0.25, -0.2) is 21.9 Å². The summed E-state index contributed by atoms with van der Waals surface area (Å²) in [6.07, 6.45) is 2.50. The van der Waals surface area contributed by atoms with Gasteiger partial charge < -0.3 is 5.73 Å². The first-order valence-electron chi connectivity index (χ1n) is 6.01. The predicted octanol–water partition coefficient (Wildman–Crippen LogP) is 1.84. The summed E-state index contributed by atoms with van der Waals surface area (Å²) in [5.74, 6) is -1.83. The molecule has 0 bridgehead atoms. The van der Waals surface area contributed by atoms with E-state index in [0.29, 0.717) is 6.42 Å². The molecule has 0 saturated carbocycles. The minimum atomic E-state index is -4.11. The lowest BCUT2D eigenvalue weighted by Gasteiger charge is -2.15. The second-order valence-electron chi connectivity index (χ2n) is 4.40. The van der Waals surface area contributed by atoms with Gasteiger partial charge in [0, 0.05) is 12.6 Å². The average Bonchev–Trinajstić information content (AvgIpc) is 2.38. The van der Waals surface area contributed by atoms with Gasteiger partial charge in [-0.05, 0) is 43.0 Å². The van der Waals surface area contributed by atoms with Gasteiger partial charge in [-0.3, -0.25) is 0 Å². The summed E-state index contributed by atoms with van der Waals surface area (Å²) >= 11 is 1.58. The smallest absolute Gasteiger partial charge is 0.243 e. The molecular weight excluding hydrogens is 306 g/mol. The number of nitrogens with one attached hydrogen (secondary N) is 1. The Kier molecular flexibility index (Phi) is 6.38. The zero-order valence-electron chi connectivity index (χ0n) is 11.3. The van der Waals surface area contributed by atoms with Crippen molar-refractivity contribution in [1.29, 1.82) is 0 Å². The fourth-order valence-corrected chi connectivity index (χ4v) is 3.62. The number of sulfonamides is 1. The van der Waals surface area contributed by atoms with Crippen LogP contribution in [-0.4, -0.2) is 26.5 Å². The molecule has 1 atom stereocenters. The maximum Gasteiger partial charge on any atom is 0.243 e. The highest BCUT2D eigenvalue weighted by Crippen LogP contribution is 2.20. The summed E-state index contributed by atoms with van der Waals surface area (Å²) in [5.41, 5.74) is 5.56. The maximum absolute atomic E-state index is 13.7. The van der Waals surface area contributed by atoms with E-state index in [4.69, 9.17) is 5.73 Å². The second kappa shape index (κ2) is 7.35. The Morgan fingerprint density at radius 2 is 2.05 bits per heavy atom. The molecule has 0 radical (unpaired) electrons. The van der Waals surface area contributed by atoms with E-state index in [1.807, 2.05) is 6.26 Å². The summed E-state index contributed by atoms with van der Waals surface area (Å²) in [4.78, 5) is -0.700. The van der Waals surface area contributed by atoms with Crippen molar-refractivity contribution in [3.05, 3.63) is 29.3 Å². The van der Waals surface area contributed by atoms with Gasteiger partial charge in [-0.2, -0.15) is 11.8 Å². The first-order chi connectivity index (χ1) is 9.31. The second-order valence-corrected chi connectivity index (χ2v) is 7.07. The van der Waals surface area contributed by atoms with Crippen LogP contribution >= 0.6 is 11.8 Å². The SMILES string of the molecule is CSCCC(C)NS(=O)(=O)c1cc(CN)cc(F)c1F. The van der Waals surface area contributed by atoms with Crippen LogP contribution in [0.1, 0.15) is 18.9 Å². The molecule has 0 amide bonds. The van der Waals surface area contributed by atoms with Crippen LogP contribution in [0.15, 0.2) is 17.0 Å². The van der Waals surface area contributed by atoms with Crippen LogP contribution in [0.5, 0.6) is 0 Å². The zero-order chi connectivity index (χ0) is 15.3. The Hall–Kier alpha value is -0.700. The Labute approximate surface area is 122 Å². The van der Waals surface area contributed by atoms with E-state index in [1.54, 1.807) is 18.7 Å². The van der Waals surface area contributed by atoms with E-state index < -0.39 is 26.6 Å². The van der Waals surface area contributed by atoms with Crippen LogP contribution < -0.4 is 10.5 Å². The van der Waals surface area contributed by atoms with Crippen molar-refractivity contribution in [2.24, 2.45) is 5.73 Å². The molecule has 4 nitrogen and oxygen atoms in total. The third-order valence-corrected chi connectivity index (χ3v) is 4.92. The van der Waals surface area contributed by atoms with Gasteiger partial charge in [-0.15, -0.1) is 0 Å². The van der Waals surface area contributed by atoms with E-state index in [-0.39, 0.29) is 18.2 Å². The molecule has 0 heterocycles. The number of nitrogens with two attached hydrogens (primary N) is 1. The Balaban J connectivity index is 3.06. The van der Waals surface area contributed by atoms with Gasteiger partial charge in [0.1, 0.15) is 4.90 Å². The van der Waals surface area contributed by atoms with E-state index in [2.05, 4.69) is 4.72 Å². The van der Waals surface area contributed by atoms with Crippen molar-refractivity contribution in [2.45, 2.75) is 30.8 Å². The van der Waals surface area contributed by atoms with Crippen LogP contribution in [-0.2, 0) is 16.6 Å². The third kappa shape index (κ3) is 4.41. The number of hydrogen-bond acceptors (Lipinski definition) is 4. The zero-order valence-corrected chi connectivity index (χ0v) is 13.0. The topological polar surface area (TPSA) is 72.2 Å². The molecule has 0 aromatic heterocycles. The molecule has 1 rings (SSSR count). The van der Waals surface area contributed by atoms with Crippen molar-refractivity contribution < 1.29 is 17.2 Å². The number of hydrogen-bond donors (Lipinski definition) is 2. The standard InChI is InChI=1S/C12H18F2N2O2S2/c1-8(3-4-19-2)16-20(17,18)11-6-9(7-15)5-10(13)12(11)14/h5-6,8,16H,3-4,7,15H2,1-2H3. The number of thioether (sulfide) groups is 1. The lowest BCUT2D eigenvalue weighted by Crippen LogP contribution is -2.33.